The largest absolute Gasteiger partial charge is 0.490 e. The van der Waals surface area contributed by atoms with Crippen LogP contribution in [0, 0.1) is 0 Å². The number of rotatable bonds is 3. The molecule has 0 radical (unpaired) electrons. The highest BCUT2D eigenvalue weighted by atomic mass is 16.5. The van der Waals surface area contributed by atoms with Gasteiger partial charge in [0, 0.05) is 17.5 Å². The van der Waals surface area contributed by atoms with Crippen LogP contribution in [0.25, 0.3) is 0 Å². The van der Waals surface area contributed by atoms with Gasteiger partial charge in [-0.05, 0) is 37.3 Å². The molecule has 3 nitrogen and oxygen atoms in total. The lowest BCUT2D eigenvalue weighted by Crippen LogP contribution is -2.25. The highest BCUT2D eigenvalue weighted by Crippen LogP contribution is 2.41. The second-order valence-corrected chi connectivity index (χ2v) is 5.47. The summed E-state index contributed by atoms with van der Waals surface area (Å²) in [6.45, 7) is 3.66. The lowest BCUT2D eigenvalue weighted by Gasteiger charge is -2.18. The maximum atomic E-state index is 6.24. The molecule has 1 fully saturated rings. The average molecular weight is 247 g/mol. The zero-order valence-electron chi connectivity index (χ0n) is 11.0. The second kappa shape index (κ2) is 4.47. The third-order valence-corrected chi connectivity index (χ3v) is 3.90. The Kier molecular flexibility index (Phi) is 2.94. The third kappa shape index (κ3) is 2.19. The fourth-order valence-corrected chi connectivity index (χ4v) is 2.60. The van der Waals surface area contributed by atoms with E-state index in [2.05, 4.69) is 13.0 Å². The minimum absolute atomic E-state index is 0.0454. The zero-order chi connectivity index (χ0) is 12.6. The van der Waals surface area contributed by atoms with Gasteiger partial charge in [-0.3, -0.25) is 0 Å². The van der Waals surface area contributed by atoms with E-state index in [4.69, 9.17) is 15.2 Å². The second-order valence-electron chi connectivity index (χ2n) is 5.47. The molecule has 3 rings (SSSR count). The van der Waals surface area contributed by atoms with Gasteiger partial charge < -0.3 is 15.2 Å². The Bertz CT molecular complexity index is 452. The molecule has 1 saturated carbocycles. The third-order valence-electron chi connectivity index (χ3n) is 3.90. The van der Waals surface area contributed by atoms with E-state index in [1.54, 1.807) is 0 Å². The van der Waals surface area contributed by atoms with Gasteiger partial charge in [0.25, 0.3) is 0 Å². The Morgan fingerprint density at radius 2 is 2.00 bits per heavy atom. The first-order chi connectivity index (χ1) is 8.72. The van der Waals surface area contributed by atoms with Gasteiger partial charge in [0.2, 0.25) is 0 Å². The zero-order valence-corrected chi connectivity index (χ0v) is 11.0. The number of hydrogen-bond donors (Lipinski definition) is 1. The summed E-state index contributed by atoms with van der Waals surface area (Å²) in [4.78, 5) is 0. The highest BCUT2D eigenvalue weighted by Gasteiger charge is 2.38. The van der Waals surface area contributed by atoms with Crippen molar-refractivity contribution >= 4 is 0 Å². The van der Waals surface area contributed by atoms with E-state index in [-0.39, 0.29) is 5.54 Å². The lowest BCUT2D eigenvalue weighted by molar-refractivity contribution is 0.296. The normalized spacial score (nSPS) is 20.3. The summed E-state index contributed by atoms with van der Waals surface area (Å²) in [7, 11) is 0. The lowest BCUT2D eigenvalue weighted by atomic mass is 9.96. The molecule has 0 spiro atoms. The molecule has 0 aromatic heterocycles. The van der Waals surface area contributed by atoms with Crippen LogP contribution in [0.2, 0.25) is 0 Å². The Morgan fingerprint density at radius 3 is 2.72 bits per heavy atom. The van der Waals surface area contributed by atoms with Gasteiger partial charge in [0.05, 0.1) is 13.2 Å². The van der Waals surface area contributed by atoms with Crippen LogP contribution in [-0.4, -0.2) is 18.8 Å². The van der Waals surface area contributed by atoms with Crippen LogP contribution in [0.1, 0.15) is 37.3 Å². The van der Waals surface area contributed by atoms with E-state index in [0.717, 1.165) is 56.8 Å². The van der Waals surface area contributed by atoms with E-state index < -0.39 is 0 Å². The number of benzene rings is 1. The minimum atomic E-state index is 0.0454. The number of ether oxygens (including phenoxy) is 2. The maximum absolute atomic E-state index is 6.24. The summed E-state index contributed by atoms with van der Waals surface area (Å²) in [6, 6.07) is 4.21. The molecule has 2 aliphatic rings. The summed E-state index contributed by atoms with van der Waals surface area (Å²) in [6.07, 6.45) is 5.17. The molecule has 18 heavy (non-hydrogen) atoms. The first-order valence-corrected chi connectivity index (χ1v) is 6.91. The topological polar surface area (TPSA) is 44.5 Å². The molecule has 98 valence electrons. The van der Waals surface area contributed by atoms with Crippen molar-refractivity contribution in [3.63, 3.8) is 0 Å². The summed E-state index contributed by atoms with van der Waals surface area (Å²) >= 11 is 0. The van der Waals surface area contributed by atoms with Crippen LogP contribution in [0.4, 0.5) is 0 Å². The molecular formula is C15H21NO2. The fourth-order valence-electron chi connectivity index (χ4n) is 2.60. The van der Waals surface area contributed by atoms with Crippen molar-refractivity contribution < 1.29 is 9.47 Å². The monoisotopic (exact) mass is 247 g/mol. The Labute approximate surface area is 108 Å². The van der Waals surface area contributed by atoms with Gasteiger partial charge in [-0.25, -0.2) is 0 Å². The van der Waals surface area contributed by atoms with Crippen molar-refractivity contribution in [1.29, 1.82) is 0 Å². The molecule has 0 saturated heterocycles. The van der Waals surface area contributed by atoms with Crippen molar-refractivity contribution in [1.82, 2.24) is 0 Å². The SMILES string of the molecule is CCc1c(CC2(N)CC2)ccc2c1OCCCO2. The van der Waals surface area contributed by atoms with E-state index in [1.807, 2.05) is 6.07 Å². The van der Waals surface area contributed by atoms with Gasteiger partial charge in [-0.15, -0.1) is 0 Å². The van der Waals surface area contributed by atoms with E-state index in [1.165, 1.54) is 11.1 Å². The van der Waals surface area contributed by atoms with Crippen LogP contribution in [0.5, 0.6) is 11.5 Å². The highest BCUT2D eigenvalue weighted by molar-refractivity contribution is 5.52. The quantitative estimate of drug-likeness (QED) is 0.892. The smallest absolute Gasteiger partial charge is 0.164 e. The summed E-state index contributed by atoms with van der Waals surface area (Å²) < 4.78 is 11.6. The molecule has 0 atom stereocenters. The Hall–Kier alpha value is -1.22. The molecule has 0 amide bonds. The molecular weight excluding hydrogens is 226 g/mol. The van der Waals surface area contributed by atoms with Gasteiger partial charge in [0.1, 0.15) is 0 Å². The molecule has 2 N–H and O–H groups in total. The molecule has 1 heterocycles. The van der Waals surface area contributed by atoms with E-state index >= 15 is 0 Å². The van der Waals surface area contributed by atoms with Crippen LogP contribution in [-0.2, 0) is 12.8 Å². The van der Waals surface area contributed by atoms with E-state index in [0.29, 0.717) is 0 Å². The predicted molar refractivity (Wildman–Crippen MR) is 71.3 cm³/mol. The maximum Gasteiger partial charge on any atom is 0.164 e. The molecule has 1 aliphatic carbocycles. The summed E-state index contributed by atoms with van der Waals surface area (Å²) in [5.74, 6) is 1.85. The van der Waals surface area contributed by atoms with Gasteiger partial charge in [-0.2, -0.15) is 0 Å². The number of nitrogens with two attached hydrogens (primary N) is 1. The molecule has 0 unspecified atom stereocenters. The summed E-state index contributed by atoms with van der Waals surface area (Å²) in [5.41, 5.74) is 8.90. The van der Waals surface area contributed by atoms with Crippen molar-refractivity contribution in [2.24, 2.45) is 5.73 Å². The van der Waals surface area contributed by atoms with Crippen molar-refractivity contribution in [2.75, 3.05) is 13.2 Å². The number of hydrogen-bond acceptors (Lipinski definition) is 3. The Morgan fingerprint density at radius 1 is 1.22 bits per heavy atom. The first kappa shape index (κ1) is 11.8. The van der Waals surface area contributed by atoms with Crippen LogP contribution in [0.3, 0.4) is 0 Å². The standard InChI is InChI=1S/C15H21NO2/c1-2-12-11(10-15(16)6-7-15)4-5-13-14(12)18-9-3-8-17-13/h4-5H,2-3,6-10,16H2,1H3. The van der Waals surface area contributed by atoms with Gasteiger partial charge >= 0.3 is 0 Å². The molecule has 1 aromatic carbocycles. The van der Waals surface area contributed by atoms with Gasteiger partial charge in [0.15, 0.2) is 11.5 Å². The van der Waals surface area contributed by atoms with Crippen molar-refractivity contribution in [3.8, 4) is 11.5 Å². The fraction of sp³-hybridized carbons (Fsp3) is 0.600. The first-order valence-electron chi connectivity index (χ1n) is 6.91. The van der Waals surface area contributed by atoms with E-state index in [9.17, 15) is 0 Å². The molecule has 0 bridgehead atoms. The molecule has 1 aromatic rings. The van der Waals surface area contributed by atoms with Crippen molar-refractivity contribution in [3.05, 3.63) is 23.3 Å². The molecule has 1 aliphatic heterocycles. The summed E-state index contributed by atoms with van der Waals surface area (Å²) in [5, 5.41) is 0. The predicted octanol–water partition coefficient (Wildman–Crippen LogP) is 2.44. The molecule has 3 heteroatoms. The number of fused-ring (bicyclic) bond motifs is 1. The van der Waals surface area contributed by atoms with Crippen LogP contribution >= 0.6 is 0 Å². The van der Waals surface area contributed by atoms with Crippen molar-refractivity contribution in [2.45, 2.75) is 44.6 Å². The Balaban J connectivity index is 1.96. The van der Waals surface area contributed by atoms with Crippen LogP contribution < -0.4 is 15.2 Å². The van der Waals surface area contributed by atoms with Gasteiger partial charge in [-0.1, -0.05) is 13.0 Å². The average Bonchev–Trinajstić information content (AvgIpc) is 3.12. The minimum Gasteiger partial charge on any atom is -0.490 e. The van der Waals surface area contributed by atoms with Crippen LogP contribution in [0.15, 0.2) is 12.1 Å².